The lowest BCUT2D eigenvalue weighted by atomic mass is 10.2. The van der Waals surface area contributed by atoms with Crippen LogP contribution in [0.2, 0.25) is 5.02 Å². The van der Waals surface area contributed by atoms with Gasteiger partial charge in [-0.2, -0.15) is 0 Å². The SMILES string of the molecule is O=C(Cn1c(=O)cnc2ccccc21)N1CCSc2ccc(Cl)cc21. The highest BCUT2D eigenvalue weighted by Gasteiger charge is 2.24. The Morgan fingerprint density at radius 2 is 2.08 bits per heavy atom. The summed E-state index contributed by atoms with van der Waals surface area (Å²) >= 11 is 7.80. The molecule has 2 aromatic carbocycles. The van der Waals surface area contributed by atoms with Crippen molar-refractivity contribution in [3.05, 3.63) is 64.0 Å². The number of thioether (sulfide) groups is 1. The molecule has 4 rings (SSSR count). The van der Waals surface area contributed by atoms with Crippen LogP contribution in [0.15, 0.2) is 58.4 Å². The molecule has 2 heterocycles. The zero-order chi connectivity index (χ0) is 17.4. The molecule has 0 saturated carbocycles. The predicted molar refractivity (Wildman–Crippen MR) is 101 cm³/mol. The third-order valence-corrected chi connectivity index (χ3v) is 5.41. The Bertz CT molecular complexity index is 1030. The summed E-state index contributed by atoms with van der Waals surface area (Å²) in [5.41, 5.74) is 1.86. The molecule has 0 saturated heterocycles. The summed E-state index contributed by atoms with van der Waals surface area (Å²) in [6.45, 7) is 0.563. The summed E-state index contributed by atoms with van der Waals surface area (Å²) in [5.74, 6) is 0.675. The Hall–Kier alpha value is -2.31. The van der Waals surface area contributed by atoms with Gasteiger partial charge >= 0.3 is 0 Å². The van der Waals surface area contributed by atoms with Crippen LogP contribution in [0.25, 0.3) is 11.0 Å². The molecule has 0 atom stereocenters. The van der Waals surface area contributed by atoms with Gasteiger partial charge in [0, 0.05) is 22.2 Å². The van der Waals surface area contributed by atoms with Gasteiger partial charge in [-0.3, -0.25) is 14.2 Å². The lowest BCUT2D eigenvalue weighted by Gasteiger charge is -2.29. The highest BCUT2D eigenvalue weighted by molar-refractivity contribution is 7.99. The minimum absolute atomic E-state index is 0.0293. The monoisotopic (exact) mass is 371 g/mol. The number of hydrogen-bond donors (Lipinski definition) is 0. The molecule has 0 unspecified atom stereocenters. The van der Waals surface area contributed by atoms with Crippen LogP contribution in [0, 0.1) is 0 Å². The number of para-hydroxylation sites is 2. The van der Waals surface area contributed by atoms with Crippen LogP contribution in [0.1, 0.15) is 0 Å². The van der Waals surface area contributed by atoms with Crippen LogP contribution in [0.5, 0.6) is 0 Å². The molecule has 1 aliphatic rings. The molecule has 5 nitrogen and oxygen atoms in total. The van der Waals surface area contributed by atoms with Gasteiger partial charge in [-0.15, -0.1) is 11.8 Å². The second-order valence-corrected chi connectivity index (χ2v) is 7.25. The minimum Gasteiger partial charge on any atom is -0.309 e. The van der Waals surface area contributed by atoms with Crippen molar-refractivity contribution < 1.29 is 4.79 Å². The molecule has 0 fully saturated rings. The van der Waals surface area contributed by atoms with E-state index in [0.29, 0.717) is 22.6 Å². The van der Waals surface area contributed by atoms with Gasteiger partial charge in [-0.1, -0.05) is 23.7 Å². The van der Waals surface area contributed by atoms with Crippen LogP contribution in [-0.4, -0.2) is 27.8 Å². The summed E-state index contributed by atoms with van der Waals surface area (Å²) < 4.78 is 1.47. The fraction of sp³-hybridized carbons (Fsp3) is 0.167. The first-order valence-electron chi connectivity index (χ1n) is 7.81. The Labute approximate surface area is 153 Å². The molecule has 0 bridgehead atoms. The van der Waals surface area contributed by atoms with E-state index in [1.165, 1.54) is 10.8 Å². The first-order chi connectivity index (χ1) is 12.1. The van der Waals surface area contributed by atoms with Crippen LogP contribution in [0.3, 0.4) is 0 Å². The van der Waals surface area contributed by atoms with E-state index < -0.39 is 0 Å². The quantitative estimate of drug-likeness (QED) is 0.694. The third-order valence-electron chi connectivity index (χ3n) is 4.13. The molecule has 126 valence electrons. The van der Waals surface area contributed by atoms with Crippen LogP contribution in [0.4, 0.5) is 5.69 Å². The number of halogens is 1. The van der Waals surface area contributed by atoms with Crippen molar-refractivity contribution in [2.45, 2.75) is 11.4 Å². The van der Waals surface area contributed by atoms with Gasteiger partial charge in [0.25, 0.3) is 5.56 Å². The molecule has 0 N–H and O–H groups in total. The summed E-state index contributed by atoms with van der Waals surface area (Å²) in [6, 6.07) is 12.9. The van der Waals surface area contributed by atoms with E-state index in [0.717, 1.165) is 16.3 Å². The van der Waals surface area contributed by atoms with Crippen LogP contribution in [-0.2, 0) is 11.3 Å². The Morgan fingerprint density at radius 1 is 1.24 bits per heavy atom. The topological polar surface area (TPSA) is 55.2 Å². The second-order valence-electron chi connectivity index (χ2n) is 5.68. The van der Waals surface area contributed by atoms with E-state index in [1.54, 1.807) is 28.8 Å². The Balaban J connectivity index is 1.72. The molecule has 1 aliphatic heterocycles. The van der Waals surface area contributed by atoms with Crippen molar-refractivity contribution in [1.29, 1.82) is 0 Å². The molecule has 25 heavy (non-hydrogen) atoms. The second kappa shape index (κ2) is 6.54. The van der Waals surface area contributed by atoms with Gasteiger partial charge in [-0.05, 0) is 30.3 Å². The van der Waals surface area contributed by atoms with E-state index in [-0.39, 0.29) is 18.0 Å². The molecule has 0 spiro atoms. The van der Waals surface area contributed by atoms with Crippen molar-refractivity contribution in [3.8, 4) is 0 Å². The Kier molecular flexibility index (Phi) is 4.23. The van der Waals surface area contributed by atoms with Crippen LogP contribution < -0.4 is 10.5 Å². The first kappa shape index (κ1) is 16.2. The number of nitrogens with zero attached hydrogens (tertiary/aromatic N) is 3. The maximum absolute atomic E-state index is 12.9. The van der Waals surface area contributed by atoms with Gasteiger partial charge in [0.15, 0.2) is 0 Å². The fourth-order valence-electron chi connectivity index (χ4n) is 2.95. The third kappa shape index (κ3) is 3.03. The summed E-state index contributed by atoms with van der Waals surface area (Å²) in [5, 5.41) is 0.588. The van der Waals surface area contributed by atoms with E-state index in [1.807, 2.05) is 30.3 Å². The zero-order valence-electron chi connectivity index (χ0n) is 13.2. The van der Waals surface area contributed by atoms with Crippen molar-refractivity contribution in [3.63, 3.8) is 0 Å². The summed E-state index contributed by atoms with van der Waals surface area (Å²) in [7, 11) is 0. The zero-order valence-corrected chi connectivity index (χ0v) is 14.8. The van der Waals surface area contributed by atoms with Gasteiger partial charge in [0.1, 0.15) is 6.54 Å². The molecular formula is C18H14ClN3O2S. The molecule has 7 heteroatoms. The van der Waals surface area contributed by atoms with E-state index in [2.05, 4.69) is 4.98 Å². The molecule has 0 aliphatic carbocycles. The highest BCUT2D eigenvalue weighted by Crippen LogP contribution is 2.36. The lowest BCUT2D eigenvalue weighted by molar-refractivity contribution is -0.119. The number of aromatic nitrogens is 2. The molecule has 0 radical (unpaired) electrons. The molecular weight excluding hydrogens is 358 g/mol. The van der Waals surface area contributed by atoms with Crippen molar-refractivity contribution in [2.75, 3.05) is 17.2 Å². The summed E-state index contributed by atoms with van der Waals surface area (Å²) in [6.07, 6.45) is 1.26. The maximum Gasteiger partial charge on any atom is 0.269 e. The number of carbonyl (C=O) groups is 1. The predicted octanol–water partition coefficient (Wildman–Crippen LogP) is 3.19. The largest absolute Gasteiger partial charge is 0.309 e. The number of anilines is 1. The van der Waals surface area contributed by atoms with E-state index >= 15 is 0 Å². The van der Waals surface area contributed by atoms with Gasteiger partial charge in [-0.25, -0.2) is 4.98 Å². The lowest BCUT2D eigenvalue weighted by Crippen LogP contribution is -2.39. The Morgan fingerprint density at radius 3 is 2.96 bits per heavy atom. The molecule has 1 aromatic heterocycles. The summed E-state index contributed by atoms with van der Waals surface area (Å²) in [4.78, 5) is 32.0. The number of fused-ring (bicyclic) bond motifs is 2. The normalized spacial score (nSPS) is 13.7. The van der Waals surface area contributed by atoms with Gasteiger partial charge in [0.05, 0.1) is 22.9 Å². The number of amides is 1. The smallest absolute Gasteiger partial charge is 0.269 e. The van der Waals surface area contributed by atoms with Crippen molar-refractivity contribution in [2.24, 2.45) is 0 Å². The fourth-order valence-corrected chi connectivity index (χ4v) is 4.09. The van der Waals surface area contributed by atoms with E-state index in [4.69, 9.17) is 11.6 Å². The molecule has 3 aromatic rings. The molecule has 1 amide bonds. The van der Waals surface area contributed by atoms with Gasteiger partial charge < -0.3 is 4.90 Å². The average Bonchev–Trinajstić information content (AvgIpc) is 2.63. The van der Waals surface area contributed by atoms with E-state index in [9.17, 15) is 9.59 Å². The number of benzene rings is 2. The number of rotatable bonds is 2. The van der Waals surface area contributed by atoms with Gasteiger partial charge in [0.2, 0.25) is 5.91 Å². The number of hydrogen-bond acceptors (Lipinski definition) is 4. The van der Waals surface area contributed by atoms with Crippen LogP contribution >= 0.6 is 23.4 Å². The van der Waals surface area contributed by atoms with Crippen molar-refractivity contribution in [1.82, 2.24) is 9.55 Å². The van der Waals surface area contributed by atoms with Crippen molar-refractivity contribution >= 4 is 46.0 Å². The maximum atomic E-state index is 12.9. The highest BCUT2D eigenvalue weighted by atomic mass is 35.5. The number of carbonyl (C=O) groups excluding carboxylic acids is 1. The minimum atomic E-state index is -0.287. The first-order valence-corrected chi connectivity index (χ1v) is 9.17. The average molecular weight is 372 g/mol. The standard InChI is InChI=1S/C18H14ClN3O2S/c19-12-5-6-16-15(9-12)21(7-8-25-16)18(24)11-22-14-4-2-1-3-13(14)20-10-17(22)23/h1-6,9-10H,7-8,11H2.